The number of nitriles is 1. The molecule has 0 saturated carbocycles. The first kappa shape index (κ1) is 11.8. The van der Waals surface area contributed by atoms with Crippen LogP contribution in [0.1, 0.15) is 15.9 Å². The number of carbonyl (C=O) groups excluding carboxylic acids is 1. The number of hydrogen-bond donors (Lipinski definition) is 1. The van der Waals surface area contributed by atoms with E-state index < -0.39 is 11.7 Å². The Morgan fingerprint density at radius 3 is 2.89 bits per heavy atom. The number of aryl methyl sites for hydroxylation is 1. The molecule has 0 radical (unpaired) electrons. The summed E-state index contributed by atoms with van der Waals surface area (Å²) in [5.74, 6) is -0.790. The van der Waals surface area contributed by atoms with Gasteiger partial charge < -0.3 is 4.57 Å². The van der Waals surface area contributed by atoms with Crippen LogP contribution in [0.15, 0.2) is 30.6 Å². The maximum absolute atomic E-state index is 13.2. The molecule has 0 bridgehead atoms. The largest absolute Gasteiger partial charge is 0.320 e. The molecule has 5 nitrogen and oxygen atoms in total. The van der Waals surface area contributed by atoms with E-state index in [0.717, 1.165) is 12.1 Å². The molecule has 18 heavy (non-hydrogen) atoms. The Hall–Kier alpha value is -2.68. The Balaban J connectivity index is 2.27. The van der Waals surface area contributed by atoms with Crippen molar-refractivity contribution in [2.75, 3.05) is 5.32 Å². The van der Waals surface area contributed by atoms with Crippen LogP contribution in [-0.2, 0) is 7.05 Å². The third kappa shape index (κ3) is 2.35. The first-order valence-electron chi connectivity index (χ1n) is 5.09. The Morgan fingerprint density at radius 2 is 2.28 bits per heavy atom. The average molecular weight is 244 g/mol. The van der Waals surface area contributed by atoms with Crippen molar-refractivity contribution in [3.63, 3.8) is 0 Å². The summed E-state index contributed by atoms with van der Waals surface area (Å²) in [7, 11) is 1.72. The summed E-state index contributed by atoms with van der Waals surface area (Å²) >= 11 is 0. The van der Waals surface area contributed by atoms with Gasteiger partial charge in [-0.15, -0.1) is 0 Å². The lowest BCUT2D eigenvalue weighted by atomic mass is 10.1. The summed E-state index contributed by atoms with van der Waals surface area (Å²) in [4.78, 5) is 15.8. The van der Waals surface area contributed by atoms with Gasteiger partial charge in [0.15, 0.2) is 0 Å². The van der Waals surface area contributed by atoms with Crippen LogP contribution in [0.4, 0.5) is 10.3 Å². The number of benzene rings is 1. The van der Waals surface area contributed by atoms with Crippen LogP contribution in [0.25, 0.3) is 0 Å². The van der Waals surface area contributed by atoms with E-state index >= 15 is 0 Å². The van der Waals surface area contributed by atoms with Crippen molar-refractivity contribution in [2.45, 2.75) is 0 Å². The van der Waals surface area contributed by atoms with Gasteiger partial charge in [0.1, 0.15) is 5.82 Å². The molecule has 0 aliphatic carbocycles. The molecule has 6 heteroatoms. The van der Waals surface area contributed by atoms with E-state index in [9.17, 15) is 9.18 Å². The SMILES string of the molecule is Cn1ccnc1NC(=O)c1cc(F)cc(C#N)c1. The molecule has 2 aromatic rings. The topological polar surface area (TPSA) is 70.7 Å². The van der Waals surface area contributed by atoms with Gasteiger partial charge in [0.25, 0.3) is 5.91 Å². The Bertz CT molecular complexity index is 642. The number of hydrogen-bond acceptors (Lipinski definition) is 3. The first-order valence-corrected chi connectivity index (χ1v) is 5.09. The molecule has 1 amide bonds. The molecule has 0 aliphatic rings. The van der Waals surface area contributed by atoms with E-state index in [1.807, 2.05) is 0 Å². The third-order valence-electron chi connectivity index (χ3n) is 2.34. The minimum absolute atomic E-state index is 0.0783. The average Bonchev–Trinajstić information content (AvgIpc) is 2.74. The summed E-state index contributed by atoms with van der Waals surface area (Å²) in [5, 5.41) is 11.2. The molecule has 0 spiro atoms. The third-order valence-corrected chi connectivity index (χ3v) is 2.34. The molecule has 0 fully saturated rings. The van der Waals surface area contributed by atoms with Crippen LogP contribution in [0, 0.1) is 17.1 Å². The standard InChI is InChI=1S/C12H9FN4O/c1-17-3-2-15-12(17)16-11(18)9-4-8(7-14)5-10(13)6-9/h2-6H,1H3,(H,15,16,18). The molecular weight excluding hydrogens is 235 g/mol. The maximum atomic E-state index is 13.2. The van der Waals surface area contributed by atoms with Crippen molar-refractivity contribution in [1.29, 1.82) is 5.26 Å². The molecule has 1 N–H and O–H groups in total. The van der Waals surface area contributed by atoms with E-state index in [1.54, 1.807) is 23.9 Å². The van der Waals surface area contributed by atoms with Crippen molar-refractivity contribution >= 4 is 11.9 Å². The molecule has 0 saturated heterocycles. The van der Waals surface area contributed by atoms with E-state index in [1.165, 1.54) is 12.3 Å². The fourth-order valence-corrected chi connectivity index (χ4v) is 1.45. The van der Waals surface area contributed by atoms with E-state index in [4.69, 9.17) is 5.26 Å². The van der Waals surface area contributed by atoms with Gasteiger partial charge in [0, 0.05) is 25.0 Å². The van der Waals surface area contributed by atoms with Crippen LogP contribution < -0.4 is 5.32 Å². The minimum atomic E-state index is -0.626. The highest BCUT2D eigenvalue weighted by atomic mass is 19.1. The molecule has 2 rings (SSSR count). The second kappa shape index (κ2) is 4.67. The first-order chi connectivity index (χ1) is 8.60. The zero-order valence-corrected chi connectivity index (χ0v) is 9.51. The summed E-state index contributed by atoms with van der Waals surface area (Å²) < 4.78 is 14.8. The number of imidazole rings is 1. The highest BCUT2D eigenvalue weighted by Crippen LogP contribution is 2.11. The summed E-state index contributed by atoms with van der Waals surface area (Å²) in [6, 6.07) is 5.25. The van der Waals surface area contributed by atoms with Gasteiger partial charge in [0.2, 0.25) is 5.95 Å². The van der Waals surface area contributed by atoms with Gasteiger partial charge in [-0.3, -0.25) is 10.1 Å². The lowest BCUT2D eigenvalue weighted by Crippen LogP contribution is -2.15. The predicted molar refractivity (Wildman–Crippen MR) is 62.3 cm³/mol. The van der Waals surface area contributed by atoms with Crippen LogP contribution in [-0.4, -0.2) is 15.5 Å². The lowest BCUT2D eigenvalue weighted by Gasteiger charge is -2.05. The number of amides is 1. The quantitative estimate of drug-likeness (QED) is 0.873. The number of nitrogens with zero attached hydrogens (tertiary/aromatic N) is 3. The monoisotopic (exact) mass is 244 g/mol. The van der Waals surface area contributed by atoms with Crippen molar-refractivity contribution in [3.8, 4) is 6.07 Å². The molecular formula is C12H9FN4O. The van der Waals surface area contributed by atoms with E-state index in [2.05, 4.69) is 10.3 Å². The Labute approximate surface area is 102 Å². The number of anilines is 1. The molecule has 1 aromatic carbocycles. The number of halogens is 1. The fraction of sp³-hybridized carbons (Fsp3) is 0.0833. The van der Waals surface area contributed by atoms with Crippen LogP contribution in [0.5, 0.6) is 0 Å². The predicted octanol–water partition coefficient (Wildman–Crippen LogP) is 1.68. The van der Waals surface area contributed by atoms with Crippen molar-refractivity contribution in [1.82, 2.24) is 9.55 Å². The number of nitrogens with one attached hydrogen (secondary N) is 1. The van der Waals surface area contributed by atoms with Gasteiger partial charge in [-0.1, -0.05) is 0 Å². The second-order valence-electron chi connectivity index (χ2n) is 3.66. The van der Waals surface area contributed by atoms with Crippen molar-refractivity contribution in [2.24, 2.45) is 7.05 Å². The number of carbonyl (C=O) groups is 1. The Morgan fingerprint density at radius 1 is 1.50 bits per heavy atom. The van der Waals surface area contributed by atoms with E-state index in [-0.39, 0.29) is 11.1 Å². The normalized spacial score (nSPS) is 9.83. The fourth-order valence-electron chi connectivity index (χ4n) is 1.45. The second-order valence-corrected chi connectivity index (χ2v) is 3.66. The molecule has 0 unspecified atom stereocenters. The lowest BCUT2D eigenvalue weighted by molar-refractivity contribution is 0.102. The Kier molecular flexibility index (Phi) is 3.06. The molecule has 0 aliphatic heterocycles. The van der Waals surface area contributed by atoms with Crippen molar-refractivity contribution < 1.29 is 9.18 Å². The maximum Gasteiger partial charge on any atom is 0.258 e. The molecule has 0 atom stereocenters. The minimum Gasteiger partial charge on any atom is -0.320 e. The summed E-state index contributed by atoms with van der Waals surface area (Å²) in [6.45, 7) is 0. The zero-order chi connectivity index (χ0) is 13.1. The van der Waals surface area contributed by atoms with Crippen LogP contribution in [0.2, 0.25) is 0 Å². The smallest absolute Gasteiger partial charge is 0.258 e. The van der Waals surface area contributed by atoms with Crippen LogP contribution in [0.3, 0.4) is 0 Å². The van der Waals surface area contributed by atoms with Gasteiger partial charge >= 0.3 is 0 Å². The number of rotatable bonds is 2. The van der Waals surface area contributed by atoms with Gasteiger partial charge in [-0.05, 0) is 18.2 Å². The zero-order valence-electron chi connectivity index (χ0n) is 9.51. The van der Waals surface area contributed by atoms with E-state index in [0.29, 0.717) is 5.95 Å². The summed E-state index contributed by atoms with van der Waals surface area (Å²) in [5.41, 5.74) is 0.176. The van der Waals surface area contributed by atoms with Gasteiger partial charge in [-0.2, -0.15) is 5.26 Å². The molecule has 1 heterocycles. The van der Waals surface area contributed by atoms with Crippen molar-refractivity contribution in [3.05, 3.63) is 47.5 Å². The highest BCUT2D eigenvalue weighted by Gasteiger charge is 2.11. The highest BCUT2D eigenvalue weighted by molar-refractivity contribution is 6.03. The van der Waals surface area contributed by atoms with Gasteiger partial charge in [0.05, 0.1) is 11.6 Å². The molecule has 90 valence electrons. The number of aromatic nitrogens is 2. The van der Waals surface area contributed by atoms with Crippen LogP contribution >= 0.6 is 0 Å². The van der Waals surface area contributed by atoms with Gasteiger partial charge in [-0.25, -0.2) is 9.37 Å². The molecule has 1 aromatic heterocycles. The summed E-state index contributed by atoms with van der Waals surface area (Å²) in [6.07, 6.45) is 3.20.